The Morgan fingerprint density at radius 3 is 2.35 bits per heavy atom. The molecule has 2 aromatic rings. The number of fused-ring (bicyclic) bond motifs is 1. The van der Waals surface area contributed by atoms with E-state index in [-0.39, 0.29) is 0 Å². The van der Waals surface area contributed by atoms with Crippen LogP contribution in [-0.2, 0) is 9.05 Å². The summed E-state index contributed by atoms with van der Waals surface area (Å²) in [4.78, 5) is 0. The fraction of sp³-hybridized carbons (Fsp3) is 0.0769. The first-order valence-corrected chi connectivity index (χ1v) is 7.44. The van der Waals surface area contributed by atoms with E-state index in [1.165, 1.54) is 6.08 Å². The Labute approximate surface area is 105 Å². The minimum atomic E-state index is -3.68. The second-order valence-electron chi connectivity index (χ2n) is 3.74. The van der Waals surface area contributed by atoms with E-state index >= 15 is 0 Å². The molecular weight excluding hydrogens is 256 g/mol. The molecule has 2 aromatic carbocycles. The Hall–Kier alpha value is -1.32. The molecule has 2 nitrogen and oxygen atoms in total. The van der Waals surface area contributed by atoms with Gasteiger partial charge >= 0.3 is 0 Å². The molecule has 0 aliphatic carbocycles. The van der Waals surface area contributed by atoms with E-state index in [0.29, 0.717) is 5.56 Å². The van der Waals surface area contributed by atoms with Gasteiger partial charge in [0.25, 0.3) is 0 Å². The van der Waals surface area contributed by atoms with Crippen LogP contribution < -0.4 is 0 Å². The first-order chi connectivity index (χ1) is 8.02. The molecular formula is C13H11ClO2S. The van der Waals surface area contributed by atoms with Crippen molar-refractivity contribution in [1.29, 1.82) is 0 Å². The highest BCUT2D eigenvalue weighted by Crippen LogP contribution is 2.29. The van der Waals surface area contributed by atoms with E-state index in [1.54, 1.807) is 6.07 Å². The highest BCUT2D eigenvalue weighted by atomic mass is 35.7. The Morgan fingerprint density at radius 1 is 1.12 bits per heavy atom. The summed E-state index contributed by atoms with van der Waals surface area (Å²) in [5.74, 6) is 0. The average Bonchev–Trinajstić information content (AvgIpc) is 2.28. The Bertz CT molecular complexity index is 662. The van der Waals surface area contributed by atoms with Crippen molar-refractivity contribution in [3.8, 4) is 0 Å². The van der Waals surface area contributed by atoms with Gasteiger partial charge in [0.15, 0.2) is 0 Å². The predicted octanol–water partition coefficient (Wildman–Crippen LogP) is 3.64. The van der Waals surface area contributed by atoms with Crippen LogP contribution in [0.25, 0.3) is 10.8 Å². The van der Waals surface area contributed by atoms with Gasteiger partial charge in [-0.15, -0.1) is 6.58 Å². The zero-order chi connectivity index (χ0) is 12.5. The second kappa shape index (κ2) is 4.51. The van der Waals surface area contributed by atoms with E-state index in [0.717, 1.165) is 10.8 Å². The van der Waals surface area contributed by atoms with Gasteiger partial charge in [0.2, 0.25) is 9.05 Å². The molecule has 0 aliphatic heterocycles. The van der Waals surface area contributed by atoms with Crippen LogP contribution in [0.5, 0.6) is 0 Å². The highest BCUT2D eigenvalue weighted by Gasteiger charge is 2.21. The summed E-state index contributed by atoms with van der Waals surface area (Å²) in [5.41, 5.74) is 0.633. The lowest BCUT2D eigenvalue weighted by atomic mass is 10.1. The third kappa shape index (κ3) is 2.51. The third-order valence-corrected chi connectivity index (χ3v) is 4.27. The highest BCUT2D eigenvalue weighted by molar-refractivity contribution is 8.14. The van der Waals surface area contributed by atoms with Crippen molar-refractivity contribution in [1.82, 2.24) is 0 Å². The molecule has 0 N–H and O–H groups in total. The maximum Gasteiger partial charge on any atom is 0.243 e. The molecule has 0 aromatic heterocycles. The van der Waals surface area contributed by atoms with Gasteiger partial charge in [-0.2, -0.15) is 0 Å². The van der Waals surface area contributed by atoms with E-state index < -0.39 is 14.3 Å². The lowest BCUT2D eigenvalue weighted by Crippen LogP contribution is -2.03. The minimum absolute atomic E-state index is 0.633. The van der Waals surface area contributed by atoms with Gasteiger partial charge in [0.1, 0.15) is 5.25 Å². The Balaban J connectivity index is 2.60. The smallest absolute Gasteiger partial charge is 0.211 e. The van der Waals surface area contributed by atoms with Gasteiger partial charge < -0.3 is 0 Å². The molecule has 0 radical (unpaired) electrons. The fourth-order valence-corrected chi connectivity index (χ4v) is 3.03. The van der Waals surface area contributed by atoms with Gasteiger partial charge in [-0.1, -0.05) is 42.5 Å². The summed E-state index contributed by atoms with van der Waals surface area (Å²) >= 11 is 0. The summed E-state index contributed by atoms with van der Waals surface area (Å²) in [5, 5.41) is 1.18. The SMILES string of the molecule is C=CC(c1ccc2ccccc2c1)S(=O)(=O)Cl. The summed E-state index contributed by atoms with van der Waals surface area (Å²) in [7, 11) is 1.70. The van der Waals surface area contributed by atoms with Crippen molar-refractivity contribution in [3.05, 3.63) is 60.7 Å². The molecule has 0 saturated heterocycles. The molecule has 0 spiro atoms. The molecule has 17 heavy (non-hydrogen) atoms. The number of hydrogen-bond donors (Lipinski definition) is 0. The summed E-state index contributed by atoms with van der Waals surface area (Å²) in [6.07, 6.45) is 1.34. The molecule has 0 bridgehead atoms. The van der Waals surface area contributed by atoms with Gasteiger partial charge in [0.05, 0.1) is 0 Å². The van der Waals surface area contributed by atoms with Crippen molar-refractivity contribution in [2.75, 3.05) is 0 Å². The number of rotatable bonds is 3. The van der Waals surface area contributed by atoms with Crippen molar-refractivity contribution in [3.63, 3.8) is 0 Å². The van der Waals surface area contributed by atoms with Crippen LogP contribution in [0.1, 0.15) is 10.8 Å². The molecule has 1 unspecified atom stereocenters. The second-order valence-corrected chi connectivity index (χ2v) is 6.49. The average molecular weight is 267 g/mol. The van der Waals surface area contributed by atoms with Crippen LogP contribution in [0, 0.1) is 0 Å². The topological polar surface area (TPSA) is 34.1 Å². The molecule has 0 heterocycles. The van der Waals surface area contributed by atoms with Crippen molar-refractivity contribution in [2.45, 2.75) is 5.25 Å². The maximum absolute atomic E-state index is 11.4. The summed E-state index contributed by atoms with van der Waals surface area (Å²) in [6.45, 7) is 3.52. The van der Waals surface area contributed by atoms with E-state index in [9.17, 15) is 8.42 Å². The van der Waals surface area contributed by atoms with E-state index in [2.05, 4.69) is 6.58 Å². The first-order valence-electron chi connectivity index (χ1n) is 5.07. The molecule has 0 amide bonds. The molecule has 88 valence electrons. The molecule has 0 aliphatic rings. The van der Waals surface area contributed by atoms with Crippen LogP contribution >= 0.6 is 10.7 Å². The monoisotopic (exact) mass is 266 g/mol. The molecule has 2 rings (SSSR count). The summed E-state index contributed by atoms with van der Waals surface area (Å²) < 4.78 is 22.8. The zero-order valence-corrected chi connectivity index (χ0v) is 10.6. The summed E-state index contributed by atoms with van der Waals surface area (Å²) in [6, 6.07) is 13.2. The van der Waals surface area contributed by atoms with E-state index in [1.807, 2.05) is 36.4 Å². The van der Waals surface area contributed by atoms with Crippen molar-refractivity contribution in [2.24, 2.45) is 0 Å². The van der Waals surface area contributed by atoms with Gasteiger partial charge in [-0.3, -0.25) is 0 Å². The van der Waals surface area contributed by atoms with Crippen molar-refractivity contribution < 1.29 is 8.42 Å². The number of hydrogen-bond acceptors (Lipinski definition) is 2. The lowest BCUT2D eigenvalue weighted by molar-refractivity contribution is 0.604. The number of halogens is 1. The molecule has 1 atom stereocenters. The van der Waals surface area contributed by atoms with Gasteiger partial charge in [-0.05, 0) is 22.4 Å². The van der Waals surface area contributed by atoms with Gasteiger partial charge in [0, 0.05) is 10.7 Å². The van der Waals surface area contributed by atoms with Crippen LogP contribution in [0.15, 0.2) is 55.1 Å². The van der Waals surface area contributed by atoms with Crippen LogP contribution in [0.3, 0.4) is 0 Å². The van der Waals surface area contributed by atoms with Crippen molar-refractivity contribution >= 4 is 30.5 Å². The largest absolute Gasteiger partial charge is 0.243 e. The minimum Gasteiger partial charge on any atom is -0.211 e. The fourth-order valence-electron chi connectivity index (χ4n) is 1.80. The van der Waals surface area contributed by atoms with E-state index in [4.69, 9.17) is 10.7 Å². The predicted molar refractivity (Wildman–Crippen MR) is 71.7 cm³/mol. The molecule has 4 heteroatoms. The quantitative estimate of drug-likeness (QED) is 0.628. The lowest BCUT2D eigenvalue weighted by Gasteiger charge is -2.10. The Morgan fingerprint density at radius 2 is 1.76 bits per heavy atom. The van der Waals surface area contributed by atoms with Crippen LogP contribution in [-0.4, -0.2) is 8.42 Å². The molecule has 0 saturated carbocycles. The first kappa shape index (κ1) is 12.1. The van der Waals surface area contributed by atoms with Crippen LogP contribution in [0.2, 0.25) is 0 Å². The Kier molecular flexibility index (Phi) is 3.22. The molecule has 0 fully saturated rings. The van der Waals surface area contributed by atoms with Crippen LogP contribution in [0.4, 0.5) is 0 Å². The third-order valence-electron chi connectivity index (χ3n) is 2.62. The normalized spacial score (nSPS) is 13.5. The zero-order valence-electron chi connectivity index (χ0n) is 9.01. The van der Waals surface area contributed by atoms with Gasteiger partial charge in [-0.25, -0.2) is 8.42 Å². The number of benzene rings is 2. The standard InChI is InChI=1S/C13H11ClO2S/c1-2-13(17(14,15)16)12-8-7-10-5-3-4-6-11(10)9-12/h2-9,13H,1H2. The maximum atomic E-state index is 11.4.